The Labute approximate surface area is 104 Å². The number of benzene rings is 1. The summed E-state index contributed by atoms with van der Waals surface area (Å²) in [7, 11) is 1.67. The molecule has 0 heterocycles. The molecule has 0 aromatic heterocycles. The highest BCUT2D eigenvalue weighted by Crippen LogP contribution is 2.12. The van der Waals surface area contributed by atoms with Crippen molar-refractivity contribution in [3.8, 4) is 5.75 Å². The summed E-state index contributed by atoms with van der Waals surface area (Å²) < 4.78 is 10.5. The highest BCUT2D eigenvalue weighted by atomic mass is 16.5. The van der Waals surface area contributed by atoms with Crippen molar-refractivity contribution in [2.45, 2.75) is 32.2 Å². The number of hydrogen-bond donors (Lipinski definition) is 1. The van der Waals surface area contributed by atoms with E-state index in [1.165, 1.54) is 5.56 Å². The van der Waals surface area contributed by atoms with E-state index in [4.69, 9.17) is 15.2 Å². The van der Waals surface area contributed by atoms with E-state index in [2.05, 4.69) is 19.1 Å². The van der Waals surface area contributed by atoms with Crippen molar-refractivity contribution in [3.05, 3.63) is 29.8 Å². The lowest BCUT2D eigenvalue weighted by Crippen LogP contribution is -2.24. The van der Waals surface area contributed by atoms with Crippen LogP contribution in [0.15, 0.2) is 24.3 Å². The number of ether oxygens (including phenoxy) is 2. The van der Waals surface area contributed by atoms with E-state index in [1.807, 2.05) is 12.1 Å². The largest absolute Gasteiger partial charge is 0.497 e. The minimum absolute atomic E-state index is 0.167. The van der Waals surface area contributed by atoms with Gasteiger partial charge in [0.15, 0.2) is 0 Å². The number of hydrogen-bond acceptors (Lipinski definition) is 3. The summed E-state index contributed by atoms with van der Waals surface area (Å²) in [6.07, 6.45) is 2.86. The third-order valence-electron chi connectivity index (χ3n) is 2.64. The Morgan fingerprint density at radius 3 is 2.47 bits per heavy atom. The van der Waals surface area contributed by atoms with Gasteiger partial charge in [-0.3, -0.25) is 0 Å². The average Bonchev–Trinajstić information content (AvgIpc) is 2.36. The first-order chi connectivity index (χ1) is 8.26. The Kier molecular flexibility index (Phi) is 6.67. The van der Waals surface area contributed by atoms with E-state index < -0.39 is 0 Å². The lowest BCUT2D eigenvalue weighted by Gasteiger charge is -2.12. The first-order valence-electron chi connectivity index (χ1n) is 6.22. The van der Waals surface area contributed by atoms with Gasteiger partial charge < -0.3 is 15.2 Å². The minimum Gasteiger partial charge on any atom is -0.497 e. The van der Waals surface area contributed by atoms with Gasteiger partial charge in [-0.1, -0.05) is 19.1 Å². The third kappa shape index (κ3) is 5.71. The van der Waals surface area contributed by atoms with E-state index in [1.54, 1.807) is 7.11 Å². The average molecular weight is 237 g/mol. The normalized spacial score (nSPS) is 12.4. The molecule has 3 nitrogen and oxygen atoms in total. The summed E-state index contributed by atoms with van der Waals surface area (Å²) in [5, 5.41) is 0. The molecule has 0 saturated heterocycles. The molecule has 2 N–H and O–H groups in total. The predicted molar refractivity (Wildman–Crippen MR) is 70.4 cm³/mol. The van der Waals surface area contributed by atoms with Crippen LogP contribution in [0.2, 0.25) is 0 Å². The van der Waals surface area contributed by atoms with Crippen LogP contribution in [-0.4, -0.2) is 26.4 Å². The monoisotopic (exact) mass is 237 g/mol. The molecule has 1 aromatic rings. The topological polar surface area (TPSA) is 44.5 Å². The highest BCUT2D eigenvalue weighted by Gasteiger charge is 2.04. The van der Waals surface area contributed by atoms with Crippen LogP contribution in [0.25, 0.3) is 0 Å². The summed E-state index contributed by atoms with van der Waals surface area (Å²) in [6.45, 7) is 3.69. The Morgan fingerprint density at radius 2 is 1.88 bits per heavy atom. The SMILES string of the molecule is CCCOCCC(N)Cc1ccc(OC)cc1. The van der Waals surface area contributed by atoms with Gasteiger partial charge in [0.25, 0.3) is 0 Å². The Morgan fingerprint density at radius 1 is 1.18 bits per heavy atom. The van der Waals surface area contributed by atoms with Gasteiger partial charge in [-0.25, -0.2) is 0 Å². The molecule has 0 aliphatic rings. The van der Waals surface area contributed by atoms with Gasteiger partial charge in [0.1, 0.15) is 5.75 Å². The first kappa shape index (κ1) is 14.0. The maximum absolute atomic E-state index is 6.05. The number of rotatable bonds is 8. The molecule has 0 radical (unpaired) electrons. The van der Waals surface area contributed by atoms with Crippen molar-refractivity contribution in [1.82, 2.24) is 0 Å². The molecule has 0 aliphatic heterocycles. The zero-order valence-electron chi connectivity index (χ0n) is 10.8. The quantitative estimate of drug-likeness (QED) is 0.706. The lowest BCUT2D eigenvalue weighted by molar-refractivity contribution is 0.127. The molecule has 17 heavy (non-hydrogen) atoms. The van der Waals surface area contributed by atoms with Gasteiger partial charge in [-0.15, -0.1) is 0 Å². The smallest absolute Gasteiger partial charge is 0.118 e. The van der Waals surface area contributed by atoms with Crippen LogP contribution in [0, 0.1) is 0 Å². The molecular formula is C14H23NO2. The van der Waals surface area contributed by atoms with Crippen LogP contribution < -0.4 is 10.5 Å². The van der Waals surface area contributed by atoms with Gasteiger partial charge >= 0.3 is 0 Å². The Bertz CT molecular complexity index is 298. The van der Waals surface area contributed by atoms with Crippen LogP contribution in [0.1, 0.15) is 25.3 Å². The molecule has 1 unspecified atom stereocenters. The van der Waals surface area contributed by atoms with Crippen LogP contribution in [-0.2, 0) is 11.2 Å². The van der Waals surface area contributed by atoms with Gasteiger partial charge in [-0.05, 0) is 37.0 Å². The van der Waals surface area contributed by atoms with Gasteiger partial charge in [-0.2, -0.15) is 0 Å². The molecule has 0 aliphatic carbocycles. The molecule has 0 saturated carbocycles. The van der Waals surface area contributed by atoms with Gasteiger partial charge in [0.2, 0.25) is 0 Å². The van der Waals surface area contributed by atoms with Gasteiger partial charge in [0.05, 0.1) is 7.11 Å². The van der Waals surface area contributed by atoms with Crippen LogP contribution in [0.5, 0.6) is 5.75 Å². The van der Waals surface area contributed by atoms with E-state index in [9.17, 15) is 0 Å². The fourth-order valence-electron chi connectivity index (χ4n) is 1.65. The molecule has 0 amide bonds. The molecule has 0 fully saturated rings. The fraction of sp³-hybridized carbons (Fsp3) is 0.571. The maximum Gasteiger partial charge on any atom is 0.118 e. The zero-order chi connectivity index (χ0) is 12.5. The minimum atomic E-state index is 0.167. The maximum atomic E-state index is 6.05. The molecule has 3 heteroatoms. The van der Waals surface area contributed by atoms with Gasteiger partial charge in [0, 0.05) is 19.3 Å². The predicted octanol–water partition coefficient (Wildman–Crippen LogP) is 2.38. The second kappa shape index (κ2) is 8.09. The molecule has 1 atom stereocenters. The molecule has 1 rings (SSSR count). The summed E-state index contributed by atoms with van der Waals surface area (Å²) in [4.78, 5) is 0. The molecule has 0 bridgehead atoms. The number of methoxy groups -OCH3 is 1. The zero-order valence-corrected chi connectivity index (χ0v) is 10.8. The summed E-state index contributed by atoms with van der Waals surface area (Å²) in [6, 6.07) is 8.22. The molecule has 1 aromatic carbocycles. The van der Waals surface area contributed by atoms with E-state index in [-0.39, 0.29) is 6.04 Å². The van der Waals surface area contributed by atoms with E-state index >= 15 is 0 Å². The number of nitrogens with two attached hydrogens (primary N) is 1. The summed E-state index contributed by atoms with van der Waals surface area (Å²) in [5.74, 6) is 0.883. The Balaban J connectivity index is 2.26. The highest BCUT2D eigenvalue weighted by molar-refractivity contribution is 5.27. The van der Waals surface area contributed by atoms with Crippen molar-refractivity contribution >= 4 is 0 Å². The summed E-state index contributed by atoms with van der Waals surface area (Å²) >= 11 is 0. The van der Waals surface area contributed by atoms with Crippen molar-refractivity contribution in [2.24, 2.45) is 5.73 Å². The molecule has 96 valence electrons. The van der Waals surface area contributed by atoms with Crippen LogP contribution in [0.4, 0.5) is 0 Å². The van der Waals surface area contributed by atoms with E-state index in [0.29, 0.717) is 0 Å². The summed E-state index contributed by atoms with van der Waals surface area (Å²) in [5.41, 5.74) is 7.29. The van der Waals surface area contributed by atoms with Crippen molar-refractivity contribution in [1.29, 1.82) is 0 Å². The van der Waals surface area contributed by atoms with Crippen molar-refractivity contribution in [2.75, 3.05) is 20.3 Å². The third-order valence-corrected chi connectivity index (χ3v) is 2.64. The lowest BCUT2D eigenvalue weighted by atomic mass is 10.0. The molecular weight excluding hydrogens is 214 g/mol. The van der Waals surface area contributed by atoms with Crippen LogP contribution >= 0.6 is 0 Å². The second-order valence-corrected chi connectivity index (χ2v) is 4.21. The first-order valence-corrected chi connectivity index (χ1v) is 6.22. The molecule has 0 spiro atoms. The fourth-order valence-corrected chi connectivity index (χ4v) is 1.65. The Hall–Kier alpha value is -1.06. The second-order valence-electron chi connectivity index (χ2n) is 4.21. The van der Waals surface area contributed by atoms with Crippen LogP contribution in [0.3, 0.4) is 0 Å². The van der Waals surface area contributed by atoms with Crippen molar-refractivity contribution < 1.29 is 9.47 Å². The van der Waals surface area contributed by atoms with Crippen molar-refractivity contribution in [3.63, 3.8) is 0 Å². The van der Waals surface area contributed by atoms with E-state index in [0.717, 1.165) is 38.2 Å². The standard InChI is InChI=1S/C14H23NO2/c1-3-9-17-10-8-13(15)11-12-4-6-14(16-2)7-5-12/h4-7,13H,3,8-11,15H2,1-2H3.